The average molecular weight is 442 g/mol. The minimum atomic E-state index is -3.83. The highest BCUT2D eigenvalue weighted by molar-refractivity contribution is 7.90. The molecule has 0 N–H and O–H groups in total. The Hall–Kier alpha value is -2.85. The maximum atomic E-state index is 12.3. The van der Waals surface area contributed by atoms with E-state index in [-0.39, 0.29) is 12.2 Å². The third kappa shape index (κ3) is 4.77. The zero-order valence-corrected chi connectivity index (χ0v) is 16.8. The van der Waals surface area contributed by atoms with Crippen molar-refractivity contribution in [3.8, 4) is 11.5 Å². The molecule has 11 heteroatoms. The number of hydrogen-bond acceptors (Lipinski definition) is 8. The van der Waals surface area contributed by atoms with Gasteiger partial charge in [0, 0.05) is 18.7 Å². The number of fused-ring (bicyclic) bond motifs is 1. The third-order valence-electron chi connectivity index (χ3n) is 4.02. The first-order valence-corrected chi connectivity index (χ1v) is 10.7. The lowest BCUT2D eigenvalue weighted by Crippen LogP contribution is -2.08. The lowest BCUT2D eigenvalue weighted by molar-refractivity contribution is -0.387. The van der Waals surface area contributed by atoms with E-state index >= 15 is 0 Å². The summed E-state index contributed by atoms with van der Waals surface area (Å²) in [5.41, 5.74) is -0.306. The summed E-state index contributed by atoms with van der Waals surface area (Å²) in [6.45, 7) is 0.767. The summed E-state index contributed by atoms with van der Waals surface area (Å²) in [7, 11) is -3.83. The molecule has 1 heterocycles. The minimum absolute atomic E-state index is 0.149. The van der Waals surface area contributed by atoms with Crippen LogP contribution in [0.1, 0.15) is 22.3 Å². The topological polar surface area (TPSA) is 122 Å². The number of rotatable bonds is 5. The fraction of sp³-hybridized carbons (Fsp3) is 0.278. The predicted octanol–water partition coefficient (Wildman–Crippen LogP) is 3.17. The largest absolute Gasteiger partial charge is 0.489 e. The van der Waals surface area contributed by atoms with E-state index in [1.165, 1.54) is 0 Å². The van der Waals surface area contributed by atoms with Gasteiger partial charge in [-0.15, -0.1) is 0 Å². The van der Waals surface area contributed by atoms with E-state index in [1.54, 1.807) is 12.1 Å². The van der Waals surface area contributed by atoms with Gasteiger partial charge in [0.1, 0.15) is 11.5 Å². The normalized spacial score (nSPS) is 13.4. The van der Waals surface area contributed by atoms with Crippen LogP contribution in [0.25, 0.3) is 0 Å². The van der Waals surface area contributed by atoms with Crippen molar-refractivity contribution in [2.24, 2.45) is 0 Å². The molecule has 2 aromatic carbocycles. The van der Waals surface area contributed by atoms with Gasteiger partial charge in [0.25, 0.3) is 5.69 Å². The minimum Gasteiger partial charge on any atom is -0.489 e. The Morgan fingerprint density at radius 3 is 2.66 bits per heavy atom. The van der Waals surface area contributed by atoms with Crippen molar-refractivity contribution in [2.45, 2.75) is 17.9 Å². The van der Waals surface area contributed by atoms with Gasteiger partial charge in [-0.1, -0.05) is 11.6 Å². The molecular weight excluding hydrogens is 426 g/mol. The first-order chi connectivity index (χ1) is 13.7. The summed E-state index contributed by atoms with van der Waals surface area (Å²) in [5.74, 6) is 0.0109. The highest BCUT2D eigenvalue weighted by Crippen LogP contribution is 2.38. The summed E-state index contributed by atoms with van der Waals surface area (Å²) < 4.78 is 39.6. The number of nitro groups is 1. The summed E-state index contributed by atoms with van der Waals surface area (Å²) >= 11 is 6.19. The Bertz CT molecular complexity index is 1080. The van der Waals surface area contributed by atoms with Crippen LogP contribution in [0.5, 0.6) is 11.5 Å². The Balaban J connectivity index is 1.79. The van der Waals surface area contributed by atoms with Crippen molar-refractivity contribution in [1.82, 2.24) is 0 Å². The van der Waals surface area contributed by atoms with Crippen molar-refractivity contribution in [3.63, 3.8) is 0 Å². The highest BCUT2D eigenvalue weighted by Gasteiger charge is 2.24. The number of sulfone groups is 1. The molecule has 0 unspecified atom stereocenters. The van der Waals surface area contributed by atoms with Crippen LogP contribution < -0.4 is 9.47 Å². The molecule has 29 heavy (non-hydrogen) atoms. The van der Waals surface area contributed by atoms with Crippen LogP contribution in [-0.4, -0.2) is 38.8 Å². The molecule has 0 bridgehead atoms. The van der Waals surface area contributed by atoms with Gasteiger partial charge in [0.2, 0.25) is 0 Å². The van der Waals surface area contributed by atoms with E-state index in [9.17, 15) is 23.3 Å². The maximum Gasteiger partial charge on any atom is 0.338 e. The van der Waals surface area contributed by atoms with Crippen LogP contribution in [-0.2, 0) is 21.2 Å². The van der Waals surface area contributed by atoms with E-state index in [4.69, 9.17) is 25.8 Å². The van der Waals surface area contributed by atoms with Crippen LogP contribution in [0.15, 0.2) is 35.2 Å². The smallest absolute Gasteiger partial charge is 0.338 e. The van der Waals surface area contributed by atoms with Crippen molar-refractivity contribution < 1.29 is 32.3 Å². The number of carbonyl (C=O) groups is 1. The van der Waals surface area contributed by atoms with Crippen LogP contribution in [0.4, 0.5) is 5.69 Å². The number of hydrogen-bond donors (Lipinski definition) is 0. The van der Waals surface area contributed by atoms with Crippen molar-refractivity contribution in [2.75, 3.05) is 19.5 Å². The molecule has 1 aliphatic heterocycles. The first kappa shape index (κ1) is 20.9. The molecule has 0 aromatic heterocycles. The zero-order valence-electron chi connectivity index (χ0n) is 15.2. The number of nitro benzene ring substituents is 1. The number of halogens is 1. The summed E-state index contributed by atoms with van der Waals surface area (Å²) in [5, 5.41) is 11.5. The fourth-order valence-corrected chi connectivity index (χ4v) is 3.82. The SMILES string of the molecule is CS(=O)(=O)c1ccc(C(=O)OCc2cc(Cl)c3c(c2)OCCCO3)cc1[N+](=O)[O-]. The van der Waals surface area contributed by atoms with Crippen LogP contribution in [0.2, 0.25) is 5.02 Å². The van der Waals surface area contributed by atoms with E-state index in [2.05, 4.69) is 0 Å². The molecule has 0 radical (unpaired) electrons. The van der Waals surface area contributed by atoms with Gasteiger partial charge >= 0.3 is 5.97 Å². The average Bonchev–Trinajstić information content (AvgIpc) is 2.90. The van der Waals surface area contributed by atoms with Crippen LogP contribution in [0.3, 0.4) is 0 Å². The lowest BCUT2D eigenvalue weighted by Gasteiger charge is -2.12. The first-order valence-electron chi connectivity index (χ1n) is 8.40. The van der Waals surface area contributed by atoms with Crippen molar-refractivity contribution in [3.05, 3.63) is 56.6 Å². The highest BCUT2D eigenvalue weighted by atomic mass is 35.5. The number of benzene rings is 2. The second kappa shape index (κ2) is 8.26. The molecule has 0 amide bonds. The van der Waals surface area contributed by atoms with E-state index in [0.29, 0.717) is 41.7 Å². The Labute approximate surface area is 171 Å². The number of nitrogens with zero attached hydrogens (tertiary/aromatic N) is 1. The molecule has 2 aromatic rings. The van der Waals surface area contributed by atoms with Gasteiger partial charge < -0.3 is 14.2 Å². The molecule has 0 aliphatic carbocycles. The Morgan fingerprint density at radius 2 is 1.97 bits per heavy atom. The van der Waals surface area contributed by atoms with Gasteiger partial charge in [-0.3, -0.25) is 10.1 Å². The molecule has 3 rings (SSSR count). The fourth-order valence-electron chi connectivity index (χ4n) is 2.70. The molecule has 9 nitrogen and oxygen atoms in total. The molecule has 1 aliphatic rings. The monoisotopic (exact) mass is 441 g/mol. The molecule has 0 fully saturated rings. The summed E-state index contributed by atoms with van der Waals surface area (Å²) in [4.78, 5) is 22.1. The molecule has 0 saturated carbocycles. The van der Waals surface area contributed by atoms with Gasteiger partial charge in [0.05, 0.1) is 28.7 Å². The summed E-state index contributed by atoms with van der Waals surface area (Å²) in [6.07, 6.45) is 1.55. The zero-order chi connectivity index (χ0) is 21.2. The third-order valence-corrected chi connectivity index (χ3v) is 5.45. The molecule has 154 valence electrons. The van der Waals surface area contributed by atoms with E-state index < -0.39 is 31.3 Å². The van der Waals surface area contributed by atoms with E-state index in [0.717, 1.165) is 24.5 Å². The predicted molar refractivity (Wildman–Crippen MR) is 102 cm³/mol. The van der Waals surface area contributed by atoms with Gasteiger partial charge in [-0.2, -0.15) is 0 Å². The second-order valence-electron chi connectivity index (χ2n) is 6.24. The second-order valence-corrected chi connectivity index (χ2v) is 8.63. The van der Waals surface area contributed by atoms with Crippen molar-refractivity contribution >= 4 is 33.1 Å². The Morgan fingerprint density at radius 1 is 1.24 bits per heavy atom. The molecule has 0 atom stereocenters. The standard InChI is InChI=1S/C18H16ClNO8S/c1-29(24,25)16-4-3-12(9-14(16)20(22)23)18(21)28-10-11-7-13(19)17-15(8-11)26-5-2-6-27-17/h3-4,7-9H,2,5-6,10H2,1H3. The quantitative estimate of drug-likeness (QED) is 0.394. The number of esters is 1. The number of carbonyl (C=O) groups excluding carboxylic acids is 1. The summed E-state index contributed by atoms with van der Waals surface area (Å²) in [6, 6.07) is 6.24. The molecule has 0 spiro atoms. The molecule has 0 saturated heterocycles. The molecular formula is C18H16ClNO8S. The van der Waals surface area contributed by atoms with Crippen LogP contribution in [0, 0.1) is 10.1 Å². The Kier molecular flexibility index (Phi) is 5.94. The van der Waals surface area contributed by atoms with Gasteiger partial charge in [-0.05, 0) is 29.8 Å². The lowest BCUT2D eigenvalue weighted by atomic mass is 10.2. The van der Waals surface area contributed by atoms with Crippen molar-refractivity contribution in [1.29, 1.82) is 0 Å². The van der Waals surface area contributed by atoms with Crippen LogP contribution >= 0.6 is 11.6 Å². The van der Waals surface area contributed by atoms with Gasteiger partial charge in [-0.25, -0.2) is 13.2 Å². The number of ether oxygens (including phenoxy) is 3. The van der Waals surface area contributed by atoms with E-state index in [1.807, 2.05) is 0 Å². The maximum absolute atomic E-state index is 12.3. The van der Waals surface area contributed by atoms with Gasteiger partial charge in [0.15, 0.2) is 21.3 Å².